The van der Waals surface area contributed by atoms with Gasteiger partial charge >= 0.3 is 0 Å². The number of benzene rings is 2. The fourth-order valence-electron chi connectivity index (χ4n) is 3.00. The lowest BCUT2D eigenvalue weighted by atomic mass is 10.1. The molecule has 0 saturated carbocycles. The van der Waals surface area contributed by atoms with Crippen molar-refractivity contribution >= 4 is 28.2 Å². The van der Waals surface area contributed by atoms with Gasteiger partial charge in [0.05, 0.1) is 10.6 Å². The van der Waals surface area contributed by atoms with Crippen molar-refractivity contribution in [1.82, 2.24) is 10.1 Å². The summed E-state index contributed by atoms with van der Waals surface area (Å²) in [7, 11) is 0. The van der Waals surface area contributed by atoms with Gasteiger partial charge in [0.2, 0.25) is 0 Å². The summed E-state index contributed by atoms with van der Waals surface area (Å²) in [6, 6.07) is 18.8. The summed E-state index contributed by atoms with van der Waals surface area (Å²) in [4.78, 5) is 30.1. The third-order valence-corrected chi connectivity index (χ3v) is 5.42. The summed E-state index contributed by atoms with van der Waals surface area (Å²) >= 11 is 1.15. The zero-order valence-corrected chi connectivity index (χ0v) is 16.6. The average Bonchev–Trinajstić information content (AvgIpc) is 3.33. The van der Waals surface area contributed by atoms with Crippen LogP contribution in [-0.2, 0) is 0 Å². The highest BCUT2D eigenvalue weighted by atomic mass is 32.1. The molecule has 2 aromatic heterocycles. The van der Waals surface area contributed by atoms with Gasteiger partial charge in [0.25, 0.3) is 5.91 Å². The molecule has 0 radical (unpaired) electrons. The lowest BCUT2D eigenvalue weighted by molar-refractivity contribution is 0.101. The summed E-state index contributed by atoms with van der Waals surface area (Å²) in [6.45, 7) is 3.18. The topological polar surface area (TPSA) is 85.1 Å². The number of rotatable bonds is 5. The zero-order chi connectivity index (χ0) is 20.4. The molecule has 4 rings (SSSR count). The summed E-state index contributed by atoms with van der Waals surface area (Å²) in [5, 5.41) is 7.18. The van der Waals surface area contributed by atoms with E-state index >= 15 is 0 Å². The average molecular weight is 403 g/mol. The first kappa shape index (κ1) is 18.8. The fraction of sp³-hybridized carbons (Fsp3) is 0.0909. The highest BCUT2D eigenvalue weighted by Gasteiger charge is 2.24. The molecule has 7 heteroatoms. The van der Waals surface area contributed by atoms with E-state index < -0.39 is 0 Å². The molecule has 0 atom stereocenters. The van der Waals surface area contributed by atoms with Gasteiger partial charge in [-0.05, 0) is 6.92 Å². The molecule has 0 spiro atoms. The van der Waals surface area contributed by atoms with Gasteiger partial charge in [-0.3, -0.25) is 14.9 Å². The van der Waals surface area contributed by atoms with Gasteiger partial charge in [0.1, 0.15) is 17.0 Å². The number of ketones is 1. The van der Waals surface area contributed by atoms with Crippen LogP contribution in [0.5, 0.6) is 0 Å². The molecule has 144 valence electrons. The number of hydrogen-bond acceptors (Lipinski definition) is 6. The van der Waals surface area contributed by atoms with Crippen LogP contribution >= 0.6 is 11.3 Å². The Balaban J connectivity index is 1.69. The highest BCUT2D eigenvalue weighted by molar-refractivity contribution is 7.18. The van der Waals surface area contributed by atoms with Crippen molar-refractivity contribution in [3.63, 3.8) is 0 Å². The van der Waals surface area contributed by atoms with Crippen LogP contribution in [-0.4, -0.2) is 21.8 Å². The smallest absolute Gasteiger partial charge is 0.263 e. The SMILES string of the molecule is CC(=O)c1sc(NC(=O)c2c(-c3ccccc3)noc2C)nc1-c1ccccc1. The second-order valence-corrected chi connectivity index (χ2v) is 7.40. The molecule has 6 nitrogen and oxygen atoms in total. The maximum Gasteiger partial charge on any atom is 0.263 e. The molecule has 0 unspecified atom stereocenters. The summed E-state index contributed by atoms with van der Waals surface area (Å²) in [5.74, 6) is -0.0768. The van der Waals surface area contributed by atoms with Crippen molar-refractivity contribution in [2.45, 2.75) is 13.8 Å². The maximum absolute atomic E-state index is 13.0. The number of nitrogens with one attached hydrogen (secondary N) is 1. The first-order chi connectivity index (χ1) is 14.0. The minimum atomic E-state index is -0.383. The Morgan fingerprint density at radius 3 is 2.10 bits per heavy atom. The molecule has 0 fully saturated rings. The van der Waals surface area contributed by atoms with E-state index in [0.29, 0.717) is 32.7 Å². The molecule has 2 heterocycles. The van der Waals surface area contributed by atoms with Crippen molar-refractivity contribution < 1.29 is 14.1 Å². The van der Waals surface area contributed by atoms with E-state index in [1.165, 1.54) is 6.92 Å². The van der Waals surface area contributed by atoms with Gasteiger partial charge in [-0.25, -0.2) is 4.98 Å². The number of anilines is 1. The van der Waals surface area contributed by atoms with E-state index in [9.17, 15) is 9.59 Å². The summed E-state index contributed by atoms with van der Waals surface area (Å²) < 4.78 is 5.26. The third-order valence-electron chi connectivity index (χ3n) is 4.35. The second-order valence-electron chi connectivity index (χ2n) is 6.40. The summed E-state index contributed by atoms with van der Waals surface area (Å²) in [6.07, 6.45) is 0. The molecule has 4 aromatic rings. The van der Waals surface area contributed by atoms with Crippen LogP contribution in [0.1, 0.15) is 32.7 Å². The van der Waals surface area contributed by atoms with Crippen molar-refractivity contribution in [1.29, 1.82) is 0 Å². The number of amides is 1. The first-order valence-corrected chi connectivity index (χ1v) is 9.76. The van der Waals surface area contributed by atoms with Crippen molar-refractivity contribution in [3.8, 4) is 22.5 Å². The molecule has 0 aliphatic heterocycles. The van der Waals surface area contributed by atoms with E-state index in [2.05, 4.69) is 15.5 Å². The molecular formula is C22H17N3O3S. The fourth-order valence-corrected chi connectivity index (χ4v) is 3.87. The van der Waals surface area contributed by atoms with Crippen LogP contribution in [0.3, 0.4) is 0 Å². The largest absolute Gasteiger partial charge is 0.360 e. The van der Waals surface area contributed by atoms with Crippen LogP contribution < -0.4 is 5.32 Å². The molecule has 0 saturated heterocycles. The lowest BCUT2D eigenvalue weighted by Crippen LogP contribution is -2.13. The maximum atomic E-state index is 13.0. The Bertz CT molecular complexity index is 1180. The van der Waals surface area contributed by atoms with Gasteiger partial charge in [-0.15, -0.1) is 0 Å². The number of carbonyl (C=O) groups excluding carboxylic acids is 2. The van der Waals surface area contributed by atoms with E-state index in [-0.39, 0.29) is 11.7 Å². The lowest BCUT2D eigenvalue weighted by Gasteiger charge is -2.03. The number of hydrogen-bond donors (Lipinski definition) is 1. The molecule has 2 aromatic carbocycles. The molecule has 1 amide bonds. The summed E-state index contributed by atoms with van der Waals surface area (Å²) in [5.41, 5.74) is 2.97. The minimum absolute atomic E-state index is 0.104. The van der Waals surface area contributed by atoms with Crippen molar-refractivity contribution in [3.05, 3.63) is 76.9 Å². The van der Waals surface area contributed by atoms with Gasteiger partial charge in [0.15, 0.2) is 10.9 Å². The van der Waals surface area contributed by atoms with E-state index in [1.807, 2.05) is 60.7 Å². The van der Waals surface area contributed by atoms with Gasteiger partial charge in [-0.2, -0.15) is 0 Å². The van der Waals surface area contributed by atoms with Gasteiger partial charge in [-0.1, -0.05) is 77.2 Å². The van der Waals surface area contributed by atoms with Crippen molar-refractivity contribution in [2.75, 3.05) is 5.32 Å². The molecular weight excluding hydrogens is 386 g/mol. The van der Waals surface area contributed by atoms with Gasteiger partial charge < -0.3 is 4.52 Å². The Hall–Kier alpha value is -3.58. The number of Topliss-reactive ketones (excluding diaryl/α,β-unsaturated/α-hetero) is 1. The minimum Gasteiger partial charge on any atom is -0.360 e. The van der Waals surface area contributed by atoms with Crippen LogP contribution in [0.25, 0.3) is 22.5 Å². The third kappa shape index (κ3) is 3.72. The van der Waals surface area contributed by atoms with E-state index in [0.717, 1.165) is 22.5 Å². The second kappa shape index (κ2) is 7.81. The standard InChI is InChI=1S/C22H17N3O3S/c1-13(26)20-19(16-11-7-4-8-12-16)23-22(29-20)24-21(27)17-14(2)28-25-18(17)15-9-5-3-6-10-15/h3-12H,1-2H3,(H,23,24,27). The zero-order valence-electron chi connectivity index (χ0n) is 15.8. The quantitative estimate of drug-likeness (QED) is 0.461. The first-order valence-electron chi connectivity index (χ1n) is 8.95. The predicted octanol–water partition coefficient (Wildman–Crippen LogP) is 5.23. The molecule has 0 bridgehead atoms. The number of thiazole rings is 1. The Morgan fingerprint density at radius 1 is 0.931 bits per heavy atom. The number of carbonyl (C=O) groups is 2. The Labute approximate surface area is 171 Å². The Morgan fingerprint density at radius 2 is 1.52 bits per heavy atom. The number of aryl methyl sites for hydroxylation is 1. The van der Waals surface area contributed by atoms with Crippen LogP contribution in [0.2, 0.25) is 0 Å². The molecule has 0 aliphatic rings. The van der Waals surface area contributed by atoms with E-state index in [1.54, 1.807) is 6.92 Å². The van der Waals surface area contributed by atoms with Crippen LogP contribution in [0.15, 0.2) is 65.2 Å². The normalized spacial score (nSPS) is 10.7. The predicted molar refractivity (Wildman–Crippen MR) is 112 cm³/mol. The highest BCUT2D eigenvalue weighted by Crippen LogP contribution is 2.32. The number of nitrogens with zero attached hydrogens (tertiary/aromatic N) is 2. The molecule has 1 N–H and O–H groups in total. The molecule has 29 heavy (non-hydrogen) atoms. The Kier molecular flexibility index (Phi) is 5.05. The molecule has 0 aliphatic carbocycles. The van der Waals surface area contributed by atoms with E-state index in [4.69, 9.17) is 4.52 Å². The van der Waals surface area contributed by atoms with Gasteiger partial charge in [0, 0.05) is 18.1 Å². The number of aromatic nitrogens is 2. The van der Waals surface area contributed by atoms with Crippen LogP contribution in [0.4, 0.5) is 5.13 Å². The van der Waals surface area contributed by atoms with Crippen LogP contribution in [0, 0.1) is 6.92 Å². The monoisotopic (exact) mass is 403 g/mol. The van der Waals surface area contributed by atoms with Crippen molar-refractivity contribution in [2.24, 2.45) is 0 Å².